The Morgan fingerprint density at radius 2 is 1.44 bits per heavy atom. The van der Waals surface area contributed by atoms with Crippen LogP contribution in [-0.4, -0.2) is 56.7 Å². The minimum atomic E-state index is -0.653. The van der Waals surface area contributed by atoms with Gasteiger partial charge in [-0.3, -0.25) is 4.79 Å². The SMILES string of the molecule is COC(=O)C1=C(C)NC(C)=C(C(=O)OC)C1c1ccc(OCC(=O)N2CCCCC2)cc1. The quantitative estimate of drug-likeness (QED) is 0.677. The van der Waals surface area contributed by atoms with E-state index in [-0.39, 0.29) is 12.5 Å². The number of nitrogens with zero attached hydrogens (tertiary/aromatic N) is 1. The molecule has 1 amide bonds. The second-order valence-electron chi connectivity index (χ2n) is 7.92. The van der Waals surface area contributed by atoms with Crippen LogP contribution in [0.3, 0.4) is 0 Å². The number of allylic oxidation sites excluding steroid dienone is 2. The van der Waals surface area contributed by atoms with Crippen LogP contribution in [0.2, 0.25) is 0 Å². The van der Waals surface area contributed by atoms with Crippen LogP contribution in [0.15, 0.2) is 46.8 Å². The third-order valence-corrected chi connectivity index (χ3v) is 5.86. The molecule has 1 aromatic carbocycles. The summed E-state index contributed by atoms with van der Waals surface area (Å²) in [7, 11) is 2.61. The lowest BCUT2D eigenvalue weighted by atomic mass is 9.80. The number of dihydropyridines is 1. The summed E-state index contributed by atoms with van der Waals surface area (Å²) in [6.45, 7) is 5.06. The maximum absolute atomic E-state index is 12.6. The van der Waals surface area contributed by atoms with Crippen LogP contribution in [0.25, 0.3) is 0 Å². The van der Waals surface area contributed by atoms with E-state index in [1.807, 2.05) is 4.90 Å². The number of piperidine rings is 1. The lowest BCUT2D eigenvalue weighted by Crippen LogP contribution is -2.38. The van der Waals surface area contributed by atoms with Gasteiger partial charge in [-0.2, -0.15) is 0 Å². The van der Waals surface area contributed by atoms with Crippen molar-refractivity contribution in [2.24, 2.45) is 0 Å². The number of benzene rings is 1. The standard InChI is InChI=1S/C24H30N2O6/c1-15-20(23(28)30-3)22(21(16(2)25-15)24(29)31-4)17-8-10-18(11-9-17)32-14-19(27)26-12-6-5-7-13-26/h8-11,22,25H,5-7,12-14H2,1-4H3. The first-order chi connectivity index (χ1) is 15.4. The van der Waals surface area contributed by atoms with E-state index in [0.29, 0.717) is 33.9 Å². The molecule has 32 heavy (non-hydrogen) atoms. The van der Waals surface area contributed by atoms with Gasteiger partial charge in [0.2, 0.25) is 0 Å². The zero-order valence-corrected chi connectivity index (χ0v) is 19.0. The van der Waals surface area contributed by atoms with Crippen molar-refractivity contribution in [3.05, 3.63) is 52.4 Å². The lowest BCUT2D eigenvalue weighted by Gasteiger charge is -2.30. The van der Waals surface area contributed by atoms with Gasteiger partial charge in [-0.15, -0.1) is 0 Å². The summed E-state index contributed by atoms with van der Waals surface area (Å²) in [5.74, 6) is -1.19. The Morgan fingerprint density at radius 1 is 0.906 bits per heavy atom. The highest BCUT2D eigenvalue weighted by atomic mass is 16.5. The summed E-state index contributed by atoms with van der Waals surface area (Å²) in [5.41, 5.74) is 2.61. The molecule has 0 atom stereocenters. The van der Waals surface area contributed by atoms with Gasteiger partial charge in [0, 0.05) is 24.5 Å². The lowest BCUT2D eigenvalue weighted by molar-refractivity contribution is -0.137. The van der Waals surface area contributed by atoms with E-state index in [2.05, 4.69) is 5.32 Å². The van der Waals surface area contributed by atoms with E-state index in [0.717, 1.165) is 32.4 Å². The Balaban J connectivity index is 1.83. The maximum Gasteiger partial charge on any atom is 0.336 e. The minimum absolute atomic E-state index is 0.0223. The number of hydrogen-bond donors (Lipinski definition) is 1. The molecule has 0 unspecified atom stereocenters. The average molecular weight is 443 g/mol. The van der Waals surface area contributed by atoms with Gasteiger partial charge in [0.25, 0.3) is 5.91 Å². The number of nitrogens with one attached hydrogen (secondary N) is 1. The van der Waals surface area contributed by atoms with Crippen molar-refractivity contribution >= 4 is 17.8 Å². The van der Waals surface area contributed by atoms with Crippen LogP contribution >= 0.6 is 0 Å². The topological polar surface area (TPSA) is 94.2 Å². The molecule has 8 heteroatoms. The number of methoxy groups -OCH3 is 2. The largest absolute Gasteiger partial charge is 0.484 e. The van der Waals surface area contributed by atoms with Gasteiger partial charge >= 0.3 is 11.9 Å². The van der Waals surface area contributed by atoms with Crippen LogP contribution in [0.1, 0.15) is 44.6 Å². The number of hydrogen-bond acceptors (Lipinski definition) is 7. The summed E-state index contributed by atoms with van der Waals surface area (Å²) in [6, 6.07) is 7.02. The van der Waals surface area contributed by atoms with Crippen molar-refractivity contribution in [2.45, 2.75) is 39.0 Å². The number of likely N-dealkylation sites (tertiary alicyclic amines) is 1. The molecule has 0 bridgehead atoms. The predicted octanol–water partition coefficient (Wildman–Crippen LogP) is 2.66. The number of rotatable bonds is 6. The van der Waals surface area contributed by atoms with Crippen molar-refractivity contribution in [3.63, 3.8) is 0 Å². The molecule has 3 rings (SSSR count). The molecule has 2 aliphatic rings. The van der Waals surface area contributed by atoms with Gasteiger partial charge in [-0.05, 0) is 50.8 Å². The second-order valence-corrected chi connectivity index (χ2v) is 7.92. The predicted molar refractivity (Wildman–Crippen MR) is 118 cm³/mol. The number of carbonyl (C=O) groups excluding carboxylic acids is 3. The average Bonchev–Trinajstić information content (AvgIpc) is 2.82. The van der Waals surface area contributed by atoms with Crippen LogP contribution in [0.4, 0.5) is 0 Å². The Morgan fingerprint density at radius 3 is 1.94 bits per heavy atom. The molecule has 1 fully saturated rings. The fraction of sp³-hybridized carbons (Fsp3) is 0.458. The third-order valence-electron chi connectivity index (χ3n) is 5.86. The van der Waals surface area contributed by atoms with Crippen molar-refractivity contribution in [2.75, 3.05) is 33.9 Å². The normalized spacial score (nSPS) is 17.1. The van der Waals surface area contributed by atoms with Gasteiger partial charge in [0.05, 0.1) is 31.3 Å². The molecule has 8 nitrogen and oxygen atoms in total. The van der Waals surface area contributed by atoms with Crippen LogP contribution in [0.5, 0.6) is 5.75 Å². The van der Waals surface area contributed by atoms with Gasteiger partial charge in [-0.25, -0.2) is 9.59 Å². The van der Waals surface area contributed by atoms with E-state index < -0.39 is 17.9 Å². The van der Waals surface area contributed by atoms with Gasteiger partial charge in [-0.1, -0.05) is 12.1 Å². The van der Waals surface area contributed by atoms with Crippen molar-refractivity contribution in [1.82, 2.24) is 10.2 Å². The summed E-state index contributed by atoms with van der Waals surface area (Å²) < 4.78 is 15.6. The second kappa shape index (κ2) is 10.3. The summed E-state index contributed by atoms with van der Waals surface area (Å²) in [4.78, 5) is 39.3. The van der Waals surface area contributed by atoms with Crippen LogP contribution in [-0.2, 0) is 23.9 Å². The fourth-order valence-electron chi connectivity index (χ4n) is 4.22. The fourth-order valence-corrected chi connectivity index (χ4v) is 4.22. The highest BCUT2D eigenvalue weighted by Crippen LogP contribution is 2.39. The number of amides is 1. The Bertz CT molecular complexity index is 904. The van der Waals surface area contributed by atoms with E-state index in [9.17, 15) is 14.4 Å². The zero-order valence-electron chi connectivity index (χ0n) is 19.0. The zero-order chi connectivity index (χ0) is 23.3. The highest BCUT2D eigenvalue weighted by molar-refractivity contribution is 5.99. The molecule has 0 aliphatic carbocycles. The first-order valence-electron chi connectivity index (χ1n) is 10.7. The number of carbonyl (C=O) groups is 3. The molecule has 0 spiro atoms. The monoisotopic (exact) mass is 442 g/mol. The highest BCUT2D eigenvalue weighted by Gasteiger charge is 2.37. The Hall–Kier alpha value is -3.29. The molecular weight excluding hydrogens is 412 g/mol. The molecule has 2 heterocycles. The molecule has 1 N–H and O–H groups in total. The van der Waals surface area contributed by atoms with E-state index in [1.54, 1.807) is 38.1 Å². The molecule has 0 saturated carbocycles. The number of esters is 2. The van der Waals surface area contributed by atoms with Gasteiger partial charge in [0.15, 0.2) is 6.61 Å². The molecule has 0 radical (unpaired) electrons. The first-order valence-corrected chi connectivity index (χ1v) is 10.7. The van der Waals surface area contributed by atoms with Crippen LogP contribution < -0.4 is 10.1 Å². The van der Waals surface area contributed by atoms with Crippen molar-refractivity contribution in [1.29, 1.82) is 0 Å². The Labute approximate surface area is 188 Å². The molecular formula is C24H30N2O6. The van der Waals surface area contributed by atoms with Gasteiger partial charge < -0.3 is 24.4 Å². The molecule has 172 valence electrons. The third kappa shape index (κ3) is 4.95. The minimum Gasteiger partial charge on any atom is -0.484 e. The van der Waals surface area contributed by atoms with Crippen molar-refractivity contribution in [3.8, 4) is 5.75 Å². The molecule has 1 saturated heterocycles. The van der Waals surface area contributed by atoms with Gasteiger partial charge in [0.1, 0.15) is 5.75 Å². The number of ether oxygens (including phenoxy) is 3. The summed E-state index contributed by atoms with van der Waals surface area (Å²) >= 11 is 0. The van der Waals surface area contributed by atoms with Crippen LogP contribution in [0, 0.1) is 0 Å². The van der Waals surface area contributed by atoms with Crippen molar-refractivity contribution < 1.29 is 28.6 Å². The molecule has 0 aromatic heterocycles. The van der Waals surface area contributed by atoms with E-state index in [4.69, 9.17) is 14.2 Å². The molecule has 1 aromatic rings. The summed E-state index contributed by atoms with van der Waals surface area (Å²) in [5, 5.41) is 3.08. The maximum atomic E-state index is 12.6. The van der Waals surface area contributed by atoms with E-state index >= 15 is 0 Å². The smallest absolute Gasteiger partial charge is 0.336 e. The summed E-state index contributed by atoms with van der Waals surface area (Å²) in [6.07, 6.45) is 3.22. The molecule has 2 aliphatic heterocycles. The van der Waals surface area contributed by atoms with E-state index in [1.165, 1.54) is 14.2 Å². The first kappa shape index (κ1) is 23.4. The Kier molecular flexibility index (Phi) is 7.56.